The Morgan fingerprint density at radius 3 is 2.62 bits per heavy atom. The summed E-state index contributed by atoms with van der Waals surface area (Å²) in [5, 5.41) is 5.26. The van der Waals surface area contributed by atoms with E-state index >= 15 is 0 Å². The lowest BCUT2D eigenvalue weighted by Crippen LogP contribution is -2.37. The lowest BCUT2D eigenvalue weighted by molar-refractivity contribution is -0.132. The van der Waals surface area contributed by atoms with Gasteiger partial charge in [-0.05, 0) is 44.9 Å². The molecule has 1 aliphatic rings. The summed E-state index contributed by atoms with van der Waals surface area (Å²) in [6, 6.07) is 7.71. The highest BCUT2D eigenvalue weighted by atomic mass is 35.5. The number of aryl methyl sites for hydroxylation is 1. The molecule has 2 heterocycles. The van der Waals surface area contributed by atoms with Crippen molar-refractivity contribution in [3.05, 3.63) is 52.3 Å². The van der Waals surface area contributed by atoms with Crippen molar-refractivity contribution in [2.75, 3.05) is 6.54 Å². The van der Waals surface area contributed by atoms with Crippen LogP contribution in [0.2, 0.25) is 5.02 Å². The minimum atomic E-state index is -0.0195. The zero-order valence-electron chi connectivity index (χ0n) is 14.6. The van der Waals surface area contributed by atoms with Crippen molar-refractivity contribution in [3.63, 3.8) is 0 Å². The summed E-state index contributed by atoms with van der Waals surface area (Å²) in [4.78, 5) is 14.5. The Labute approximate surface area is 148 Å². The highest BCUT2D eigenvalue weighted by Gasteiger charge is 2.27. The Bertz CT molecular complexity index is 728. The van der Waals surface area contributed by atoms with Crippen LogP contribution < -0.4 is 0 Å². The summed E-state index contributed by atoms with van der Waals surface area (Å²) >= 11 is 5.89. The standard InChI is InChI=1S/C19H24ClN3O/c1-19(2,3)23-17-10-11-22(13-15(17)12-21-23)18(24)9-6-14-4-7-16(20)8-5-14/h4-5,7-8,12H,6,9-11,13H2,1-3H3. The molecule has 0 spiro atoms. The molecule has 1 aliphatic heterocycles. The summed E-state index contributed by atoms with van der Waals surface area (Å²) in [5.41, 5.74) is 3.57. The number of aromatic nitrogens is 2. The van der Waals surface area contributed by atoms with E-state index in [1.54, 1.807) is 0 Å². The number of carbonyl (C=O) groups is 1. The maximum Gasteiger partial charge on any atom is 0.223 e. The first-order chi connectivity index (χ1) is 11.3. The van der Waals surface area contributed by atoms with Crippen molar-refractivity contribution in [1.29, 1.82) is 0 Å². The van der Waals surface area contributed by atoms with Gasteiger partial charge in [0.25, 0.3) is 0 Å². The molecule has 3 rings (SSSR count). The maximum atomic E-state index is 12.5. The number of carbonyl (C=O) groups excluding carboxylic acids is 1. The van der Waals surface area contributed by atoms with Gasteiger partial charge in [0, 0.05) is 42.2 Å². The number of hydrogen-bond acceptors (Lipinski definition) is 2. The van der Waals surface area contributed by atoms with Gasteiger partial charge in [-0.3, -0.25) is 9.48 Å². The van der Waals surface area contributed by atoms with Gasteiger partial charge in [0.2, 0.25) is 5.91 Å². The van der Waals surface area contributed by atoms with E-state index in [0.29, 0.717) is 13.0 Å². The van der Waals surface area contributed by atoms with Crippen LogP contribution in [0.3, 0.4) is 0 Å². The number of benzene rings is 1. The number of amides is 1. The lowest BCUT2D eigenvalue weighted by atomic mass is 10.0. The first-order valence-electron chi connectivity index (χ1n) is 8.43. The molecule has 0 saturated carbocycles. The summed E-state index contributed by atoms with van der Waals surface area (Å²) in [6.07, 6.45) is 4.07. The van der Waals surface area contributed by atoms with Crippen LogP contribution in [-0.2, 0) is 29.7 Å². The minimum Gasteiger partial charge on any atom is -0.338 e. The molecule has 0 atom stereocenters. The van der Waals surface area contributed by atoms with Gasteiger partial charge >= 0.3 is 0 Å². The maximum absolute atomic E-state index is 12.5. The summed E-state index contributed by atoms with van der Waals surface area (Å²) in [7, 11) is 0. The number of hydrogen-bond donors (Lipinski definition) is 0. The number of halogens is 1. The molecule has 4 nitrogen and oxygen atoms in total. The first kappa shape index (κ1) is 17.0. The van der Waals surface area contributed by atoms with Crippen molar-refractivity contribution in [2.24, 2.45) is 0 Å². The topological polar surface area (TPSA) is 38.1 Å². The van der Waals surface area contributed by atoms with Crippen molar-refractivity contribution in [3.8, 4) is 0 Å². The molecular formula is C19H24ClN3O. The molecule has 0 aliphatic carbocycles. The largest absolute Gasteiger partial charge is 0.338 e. The fourth-order valence-electron chi connectivity index (χ4n) is 3.18. The van der Waals surface area contributed by atoms with Crippen LogP contribution in [0.25, 0.3) is 0 Å². The third-order valence-electron chi connectivity index (χ3n) is 4.46. The van der Waals surface area contributed by atoms with Crippen LogP contribution in [0.4, 0.5) is 0 Å². The summed E-state index contributed by atoms with van der Waals surface area (Å²) < 4.78 is 2.10. The van der Waals surface area contributed by atoms with E-state index in [1.165, 1.54) is 11.3 Å². The highest BCUT2D eigenvalue weighted by Crippen LogP contribution is 2.24. The predicted molar refractivity (Wildman–Crippen MR) is 96.1 cm³/mol. The van der Waals surface area contributed by atoms with Crippen LogP contribution >= 0.6 is 11.6 Å². The quantitative estimate of drug-likeness (QED) is 0.848. The third kappa shape index (κ3) is 3.64. The second-order valence-electron chi connectivity index (χ2n) is 7.39. The molecule has 1 aromatic carbocycles. The normalized spacial score (nSPS) is 14.6. The predicted octanol–water partition coefficient (Wildman–Crippen LogP) is 3.81. The van der Waals surface area contributed by atoms with Crippen LogP contribution in [0, 0.1) is 0 Å². The molecule has 1 amide bonds. The molecule has 24 heavy (non-hydrogen) atoms. The first-order valence-corrected chi connectivity index (χ1v) is 8.81. The second-order valence-corrected chi connectivity index (χ2v) is 7.83. The van der Waals surface area contributed by atoms with E-state index < -0.39 is 0 Å². The van der Waals surface area contributed by atoms with Gasteiger partial charge in [0.15, 0.2) is 0 Å². The van der Waals surface area contributed by atoms with Gasteiger partial charge in [-0.1, -0.05) is 23.7 Å². The summed E-state index contributed by atoms with van der Waals surface area (Å²) in [5.74, 6) is 0.208. The average Bonchev–Trinajstić information content (AvgIpc) is 2.97. The van der Waals surface area contributed by atoms with E-state index in [9.17, 15) is 4.79 Å². The number of rotatable bonds is 3. The monoisotopic (exact) mass is 345 g/mol. The summed E-state index contributed by atoms with van der Waals surface area (Å²) in [6.45, 7) is 7.91. The van der Waals surface area contributed by atoms with E-state index in [1.807, 2.05) is 35.4 Å². The lowest BCUT2D eigenvalue weighted by Gasteiger charge is -2.30. The Balaban J connectivity index is 1.62. The molecular weight excluding hydrogens is 322 g/mol. The van der Waals surface area contributed by atoms with Crippen LogP contribution in [0.5, 0.6) is 0 Å². The fourth-order valence-corrected chi connectivity index (χ4v) is 3.31. The molecule has 0 N–H and O–H groups in total. The van der Waals surface area contributed by atoms with Gasteiger partial charge in [0.1, 0.15) is 0 Å². The minimum absolute atomic E-state index is 0.0195. The van der Waals surface area contributed by atoms with Crippen molar-refractivity contribution in [1.82, 2.24) is 14.7 Å². The number of fused-ring (bicyclic) bond motifs is 1. The van der Waals surface area contributed by atoms with E-state index in [-0.39, 0.29) is 11.4 Å². The Morgan fingerprint density at radius 2 is 1.96 bits per heavy atom. The van der Waals surface area contributed by atoms with Crippen LogP contribution in [0.15, 0.2) is 30.5 Å². The number of nitrogens with zero attached hydrogens (tertiary/aromatic N) is 3. The van der Waals surface area contributed by atoms with Crippen LogP contribution in [0.1, 0.15) is 44.0 Å². The highest BCUT2D eigenvalue weighted by molar-refractivity contribution is 6.30. The fraction of sp³-hybridized carbons (Fsp3) is 0.474. The van der Waals surface area contributed by atoms with E-state index in [2.05, 4.69) is 30.6 Å². The van der Waals surface area contributed by atoms with Gasteiger partial charge in [-0.25, -0.2) is 0 Å². The molecule has 0 saturated heterocycles. The van der Waals surface area contributed by atoms with Crippen molar-refractivity contribution >= 4 is 17.5 Å². The van der Waals surface area contributed by atoms with E-state index in [4.69, 9.17) is 11.6 Å². The molecule has 128 valence electrons. The molecule has 5 heteroatoms. The second kappa shape index (κ2) is 6.60. The van der Waals surface area contributed by atoms with Crippen molar-refractivity contribution in [2.45, 2.75) is 52.1 Å². The third-order valence-corrected chi connectivity index (χ3v) is 4.72. The Morgan fingerprint density at radius 1 is 1.25 bits per heavy atom. The Hall–Kier alpha value is -1.81. The molecule has 0 radical (unpaired) electrons. The van der Waals surface area contributed by atoms with E-state index in [0.717, 1.165) is 30.0 Å². The molecule has 0 unspecified atom stereocenters. The van der Waals surface area contributed by atoms with Gasteiger partial charge < -0.3 is 4.90 Å². The zero-order valence-corrected chi connectivity index (χ0v) is 15.3. The molecule has 0 bridgehead atoms. The Kier molecular flexibility index (Phi) is 4.68. The molecule has 0 fully saturated rings. The smallest absolute Gasteiger partial charge is 0.223 e. The van der Waals surface area contributed by atoms with Crippen LogP contribution in [-0.4, -0.2) is 27.1 Å². The van der Waals surface area contributed by atoms with Gasteiger partial charge in [0.05, 0.1) is 11.7 Å². The molecule has 1 aromatic heterocycles. The average molecular weight is 346 g/mol. The van der Waals surface area contributed by atoms with Gasteiger partial charge in [-0.15, -0.1) is 0 Å². The zero-order chi connectivity index (χ0) is 17.3. The molecule has 2 aromatic rings. The van der Waals surface area contributed by atoms with Gasteiger partial charge in [-0.2, -0.15) is 5.10 Å². The van der Waals surface area contributed by atoms with Crippen molar-refractivity contribution < 1.29 is 4.79 Å². The SMILES string of the molecule is CC(C)(C)n1ncc2c1CCN(C(=O)CCc1ccc(Cl)cc1)C2.